The van der Waals surface area contributed by atoms with Crippen molar-refractivity contribution in [3.8, 4) is 0 Å². The smallest absolute Gasteiger partial charge is 0.306 e. The van der Waals surface area contributed by atoms with Gasteiger partial charge in [0.2, 0.25) is 0 Å². The van der Waals surface area contributed by atoms with Crippen molar-refractivity contribution >= 4 is 5.97 Å². The van der Waals surface area contributed by atoms with Crippen molar-refractivity contribution in [3.63, 3.8) is 0 Å². The number of hydrogen-bond donors (Lipinski definition) is 2. The highest BCUT2D eigenvalue weighted by Crippen LogP contribution is 2.33. The second kappa shape index (κ2) is 8.14. The monoisotopic (exact) mass is 299 g/mol. The maximum Gasteiger partial charge on any atom is 0.306 e. The van der Waals surface area contributed by atoms with Crippen molar-refractivity contribution in [2.45, 2.75) is 77.9 Å². The van der Waals surface area contributed by atoms with Crippen molar-refractivity contribution in [1.29, 1.82) is 0 Å². The molecule has 0 atom stereocenters. The molecule has 1 rings (SSSR count). The molecule has 0 aliphatic heterocycles. The molecule has 4 nitrogen and oxygen atoms in total. The van der Waals surface area contributed by atoms with Gasteiger partial charge in [-0.3, -0.25) is 9.69 Å². The highest BCUT2D eigenvalue weighted by Gasteiger charge is 2.38. The van der Waals surface area contributed by atoms with Crippen LogP contribution in [-0.2, 0) is 4.79 Å². The number of aliphatic carboxylic acids is 1. The molecule has 1 fully saturated rings. The Bertz CT molecular complexity index is 318. The number of rotatable bonds is 8. The average molecular weight is 299 g/mol. The minimum absolute atomic E-state index is 0.267. The predicted octanol–water partition coefficient (Wildman–Crippen LogP) is 3.14. The van der Waals surface area contributed by atoms with Gasteiger partial charge in [-0.25, -0.2) is 0 Å². The van der Waals surface area contributed by atoms with Gasteiger partial charge in [-0.2, -0.15) is 0 Å². The minimum atomic E-state index is -0.712. The Kier molecular flexibility index (Phi) is 7.14. The van der Waals surface area contributed by atoms with E-state index in [1.54, 1.807) is 0 Å². The number of hydrogen-bond acceptors (Lipinski definition) is 3. The van der Waals surface area contributed by atoms with E-state index in [1.807, 2.05) is 0 Å². The van der Waals surface area contributed by atoms with Crippen LogP contribution in [0.5, 0.6) is 0 Å². The molecule has 0 aromatic rings. The summed E-state index contributed by atoms with van der Waals surface area (Å²) in [4.78, 5) is 13.5. The van der Waals surface area contributed by atoms with Crippen LogP contribution in [0.2, 0.25) is 0 Å². The second-order valence-corrected chi connectivity index (χ2v) is 7.13. The molecule has 1 aliphatic carbocycles. The van der Waals surface area contributed by atoms with E-state index >= 15 is 0 Å². The van der Waals surface area contributed by atoms with Crippen LogP contribution in [0.15, 0.2) is 0 Å². The molecule has 0 saturated heterocycles. The van der Waals surface area contributed by atoms with E-state index in [0.29, 0.717) is 44.2 Å². The Morgan fingerprint density at radius 2 is 1.76 bits per heavy atom. The molecular weight excluding hydrogens is 266 g/mol. The van der Waals surface area contributed by atoms with Crippen LogP contribution in [0.4, 0.5) is 0 Å². The van der Waals surface area contributed by atoms with Gasteiger partial charge in [0.15, 0.2) is 0 Å². The zero-order chi connectivity index (χ0) is 16.0. The molecule has 0 bridgehead atoms. The van der Waals surface area contributed by atoms with Crippen molar-refractivity contribution in [3.05, 3.63) is 0 Å². The Balaban J connectivity index is 2.67. The SMILES string of the molecule is CCC(CC)N(CC(C)C)CC1(O)CCC(C(=O)O)CC1. The third-order valence-corrected chi connectivity index (χ3v) is 4.82. The molecule has 0 aromatic heterocycles. The minimum Gasteiger partial charge on any atom is -0.481 e. The van der Waals surface area contributed by atoms with Gasteiger partial charge in [-0.15, -0.1) is 0 Å². The molecular formula is C17H33NO3. The lowest BCUT2D eigenvalue weighted by atomic mass is 9.78. The first-order valence-corrected chi connectivity index (χ1v) is 8.50. The molecule has 2 N–H and O–H groups in total. The normalized spacial score (nSPS) is 26.8. The molecule has 1 aliphatic rings. The lowest BCUT2D eigenvalue weighted by Gasteiger charge is -2.42. The molecule has 1 saturated carbocycles. The van der Waals surface area contributed by atoms with Gasteiger partial charge in [0.05, 0.1) is 11.5 Å². The molecule has 0 aromatic carbocycles. The first kappa shape index (κ1) is 18.4. The van der Waals surface area contributed by atoms with E-state index in [2.05, 4.69) is 32.6 Å². The van der Waals surface area contributed by atoms with E-state index in [9.17, 15) is 9.90 Å². The number of carboxylic acids is 1. The van der Waals surface area contributed by atoms with Crippen LogP contribution in [-0.4, -0.2) is 45.8 Å². The number of carbonyl (C=O) groups is 1. The highest BCUT2D eigenvalue weighted by molar-refractivity contribution is 5.70. The fourth-order valence-electron chi connectivity index (χ4n) is 3.56. The van der Waals surface area contributed by atoms with Crippen LogP contribution < -0.4 is 0 Å². The number of nitrogens with zero attached hydrogens (tertiary/aromatic N) is 1. The Labute approximate surface area is 129 Å². The van der Waals surface area contributed by atoms with Gasteiger partial charge in [0.25, 0.3) is 0 Å². The Morgan fingerprint density at radius 3 is 2.14 bits per heavy atom. The molecule has 0 amide bonds. The standard InChI is InChI=1S/C17H33NO3/c1-5-15(6-2)18(11-13(3)4)12-17(21)9-7-14(8-10-17)16(19)20/h13-15,21H,5-12H2,1-4H3,(H,19,20). The quantitative estimate of drug-likeness (QED) is 0.723. The lowest BCUT2D eigenvalue weighted by Crippen LogP contribution is -2.50. The summed E-state index contributed by atoms with van der Waals surface area (Å²) in [6, 6.07) is 0.508. The summed E-state index contributed by atoms with van der Waals surface area (Å²) in [6.45, 7) is 10.5. The molecule has 21 heavy (non-hydrogen) atoms. The fraction of sp³-hybridized carbons (Fsp3) is 0.941. The van der Waals surface area contributed by atoms with Gasteiger partial charge in [0, 0.05) is 19.1 Å². The van der Waals surface area contributed by atoms with E-state index in [4.69, 9.17) is 5.11 Å². The fourth-order valence-corrected chi connectivity index (χ4v) is 3.56. The van der Waals surface area contributed by atoms with Crippen LogP contribution in [0.25, 0.3) is 0 Å². The summed E-state index contributed by atoms with van der Waals surface area (Å²) < 4.78 is 0. The van der Waals surface area contributed by atoms with Crippen LogP contribution >= 0.6 is 0 Å². The van der Waals surface area contributed by atoms with E-state index in [-0.39, 0.29) is 5.92 Å². The third-order valence-electron chi connectivity index (χ3n) is 4.82. The van der Waals surface area contributed by atoms with Crippen molar-refractivity contribution in [1.82, 2.24) is 4.90 Å². The maximum atomic E-state index is 11.0. The number of aliphatic hydroxyl groups is 1. The zero-order valence-electron chi connectivity index (χ0n) is 14.1. The van der Waals surface area contributed by atoms with Crippen LogP contribution in [0.1, 0.15) is 66.2 Å². The van der Waals surface area contributed by atoms with E-state index < -0.39 is 11.6 Å². The summed E-state index contributed by atoms with van der Waals surface area (Å²) in [6.07, 6.45) is 4.61. The van der Waals surface area contributed by atoms with Gasteiger partial charge in [0.1, 0.15) is 0 Å². The average Bonchev–Trinajstić information content (AvgIpc) is 2.39. The van der Waals surface area contributed by atoms with Crippen LogP contribution in [0.3, 0.4) is 0 Å². The van der Waals surface area contributed by atoms with Gasteiger partial charge < -0.3 is 10.2 Å². The topological polar surface area (TPSA) is 60.8 Å². The molecule has 0 heterocycles. The summed E-state index contributed by atoms with van der Waals surface area (Å²) in [5, 5.41) is 19.9. The maximum absolute atomic E-state index is 11.0. The van der Waals surface area contributed by atoms with Crippen molar-refractivity contribution in [2.24, 2.45) is 11.8 Å². The van der Waals surface area contributed by atoms with Crippen molar-refractivity contribution in [2.75, 3.05) is 13.1 Å². The molecule has 4 heteroatoms. The van der Waals surface area contributed by atoms with Gasteiger partial charge >= 0.3 is 5.97 Å². The first-order chi connectivity index (χ1) is 9.81. The zero-order valence-corrected chi connectivity index (χ0v) is 14.1. The Morgan fingerprint density at radius 1 is 1.24 bits per heavy atom. The predicted molar refractivity (Wildman–Crippen MR) is 85.3 cm³/mol. The van der Waals surface area contributed by atoms with E-state index in [0.717, 1.165) is 19.4 Å². The van der Waals surface area contributed by atoms with Gasteiger partial charge in [-0.05, 0) is 44.4 Å². The summed E-state index contributed by atoms with van der Waals surface area (Å²) >= 11 is 0. The summed E-state index contributed by atoms with van der Waals surface area (Å²) in [5.74, 6) is -0.405. The number of carboxylic acid groups (broad SMARTS) is 1. The summed E-state index contributed by atoms with van der Waals surface area (Å²) in [7, 11) is 0. The van der Waals surface area contributed by atoms with Gasteiger partial charge in [-0.1, -0.05) is 27.7 Å². The van der Waals surface area contributed by atoms with E-state index in [1.165, 1.54) is 0 Å². The molecule has 124 valence electrons. The molecule has 0 spiro atoms. The second-order valence-electron chi connectivity index (χ2n) is 7.13. The highest BCUT2D eigenvalue weighted by atomic mass is 16.4. The molecule has 0 unspecified atom stereocenters. The molecule has 0 radical (unpaired) electrons. The van der Waals surface area contributed by atoms with Crippen LogP contribution in [0, 0.1) is 11.8 Å². The first-order valence-electron chi connectivity index (χ1n) is 8.50. The van der Waals surface area contributed by atoms with Crippen molar-refractivity contribution < 1.29 is 15.0 Å². The Hall–Kier alpha value is -0.610. The largest absolute Gasteiger partial charge is 0.481 e. The third kappa shape index (κ3) is 5.59. The lowest BCUT2D eigenvalue weighted by molar-refractivity contribution is -0.145. The summed E-state index contributed by atoms with van der Waals surface area (Å²) in [5.41, 5.74) is -0.705.